The van der Waals surface area contributed by atoms with E-state index >= 15 is 0 Å². The number of thiophene rings is 1. The van der Waals surface area contributed by atoms with Gasteiger partial charge in [-0.2, -0.15) is 0 Å². The number of nitrogens with one attached hydrogen (secondary N) is 1. The Kier molecular flexibility index (Phi) is 4.84. The third kappa shape index (κ3) is 3.86. The van der Waals surface area contributed by atoms with E-state index in [1.807, 2.05) is 63.2 Å². The highest BCUT2D eigenvalue weighted by Crippen LogP contribution is 2.41. The monoisotopic (exact) mass is 425 g/mol. The fourth-order valence-electron chi connectivity index (χ4n) is 3.08. The van der Waals surface area contributed by atoms with Gasteiger partial charge in [-0.15, -0.1) is 11.3 Å². The van der Waals surface area contributed by atoms with Gasteiger partial charge in [0.1, 0.15) is 15.5 Å². The molecule has 0 unspecified atom stereocenters. The van der Waals surface area contributed by atoms with Gasteiger partial charge in [0.25, 0.3) is 5.91 Å². The third-order valence-electron chi connectivity index (χ3n) is 4.32. The average molecular weight is 426 g/mol. The summed E-state index contributed by atoms with van der Waals surface area (Å²) < 4.78 is 5.64. The summed E-state index contributed by atoms with van der Waals surface area (Å²) in [5.74, 6) is 0.455. The van der Waals surface area contributed by atoms with E-state index in [4.69, 9.17) is 26.7 Å². The van der Waals surface area contributed by atoms with Crippen LogP contribution >= 0.6 is 22.9 Å². The van der Waals surface area contributed by atoms with Gasteiger partial charge in [-0.05, 0) is 51.1 Å². The molecule has 0 aliphatic heterocycles. The highest BCUT2D eigenvalue weighted by Gasteiger charge is 2.24. The van der Waals surface area contributed by atoms with Crippen molar-refractivity contribution in [1.82, 2.24) is 10.3 Å². The number of hydrogen-bond acceptors (Lipinski definition) is 5. The Morgan fingerprint density at radius 2 is 1.93 bits per heavy atom. The number of fused-ring (bicyclic) bond motifs is 1. The highest BCUT2D eigenvalue weighted by atomic mass is 35.5. The van der Waals surface area contributed by atoms with Gasteiger partial charge in [0.2, 0.25) is 0 Å². The van der Waals surface area contributed by atoms with Crippen molar-refractivity contribution in [3.8, 4) is 22.6 Å². The van der Waals surface area contributed by atoms with Crippen molar-refractivity contribution < 1.29 is 9.21 Å². The largest absolute Gasteiger partial charge is 0.464 e. The molecule has 1 aromatic carbocycles. The lowest BCUT2D eigenvalue weighted by molar-refractivity contribution is 0.0924. The molecule has 0 bridgehead atoms. The quantitative estimate of drug-likeness (QED) is 0.422. The normalized spacial score (nSPS) is 11.7. The van der Waals surface area contributed by atoms with E-state index in [0.29, 0.717) is 26.2 Å². The van der Waals surface area contributed by atoms with Crippen LogP contribution in [0.2, 0.25) is 5.02 Å². The minimum Gasteiger partial charge on any atom is -0.464 e. The number of carbonyl (C=O) groups is 1. The lowest BCUT2D eigenvalue weighted by atomic mass is 10.0. The van der Waals surface area contributed by atoms with Crippen LogP contribution < -0.4 is 11.1 Å². The second-order valence-corrected chi connectivity index (χ2v) is 9.20. The van der Waals surface area contributed by atoms with Crippen LogP contribution in [0.5, 0.6) is 0 Å². The average Bonchev–Trinajstić information content (AvgIpc) is 3.29. The van der Waals surface area contributed by atoms with Crippen molar-refractivity contribution in [2.24, 2.45) is 0 Å². The summed E-state index contributed by atoms with van der Waals surface area (Å²) >= 11 is 7.30. The number of furan rings is 1. The molecule has 0 atom stereocenters. The van der Waals surface area contributed by atoms with Gasteiger partial charge in [-0.3, -0.25) is 4.79 Å². The molecule has 0 fully saturated rings. The molecule has 0 saturated carbocycles. The predicted octanol–water partition coefficient (Wildman–Crippen LogP) is 5.99. The van der Waals surface area contributed by atoms with Crippen molar-refractivity contribution in [2.75, 3.05) is 5.73 Å². The molecule has 0 radical (unpaired) electrons. The maximum Gasteiger partial charge on any atom is 0.263 e. The van der Waals surface area contributed by atoms with E-state index in [0.717, 1.165) is 22.2 Å². The van der Waals surface area contributed by atoms with Crippen LogP contribution in [-0.4, -0.2) is 16.4 Å². The Morgan fingerprint density at radius 1 is 1.21 bits per heavy atom. The minimum absolute atomic E-state index is 0.212. The molecule has 1 amide bonds. The van der Waals surface area contributed by atoms with Gasteiger partial charge in [0, 0.05) is 27.1 Å². The zero-order valence-corrected chi connectivity index (χ0v) is 17.8. The van der Waals surface area contributed by atoms with Gasteiger partial charge in [-0.25, -0.2) is 4.98 Å². The summed E-state index contributed by atoms with van der Waals surface area (Å²) in [7, 11) is 0. The SMILES string of the molecule is CC(C)(C)NC(=O)c1sc2nc(-c3ccc(Cl)cc3)cc(-c3ccco3)c2c1N. The van der Waals surface area contributed by atoms with Gasteiger partial charge < -0.3 is 15.5 Å². The molecule has 4 rings (SSSR count). The molecule has 7 heteroatoms. The summed E-state index contributed by atoms with van der Waals surface area (Å²) in [6.07, 6.45) is 1.61. The molecule has 29 heavy (non-hydrogen) atoms. The van der Waals surface area contributed by atoms with Crippen molar-refractivity contribution in [3.63, 3.8) is 0 Å². The molecule has 5 nitrogen and oxygen atoms in total. The number of nitrogens with zero attached hydrogens (tertiary/aromatic N) is 1. The molecule has 148 valence electrons. The van der Waals surface area contributed by atoms with Crippen molar-refractivity contribution in [1.29, 1.82) is 0 Å². The number of nitrogens with two attached hydrogens (primary N) is 1. The fraction of sp³-hybridized carbons (Fsp3) is 0.182. The molecular weight excluding hydrogens is 406 g/mol. The summed E-state index contributed by atoms with van der Waals surface area (Å²) in [6, 6.07) is 13.1. The Bertz CT molecular complexity index is 1190. The fourth-order valence-corrected chi connectivity index (χ4v) is 4.22. The van der Waals surface area contributed by atoms with E-state index in [2.05, 4.69) is 5.32 Å². The topological polar surface area (TPSA) is 81.2 Å². The molecule has 3 heterocycles. The number of pyridine rings is 1. The van der Waals surface area contributed by atoms with Crippen LogP contribution in [0.25, 0.3) is 32.8 Å². The van der Waals surface area contributed by atoms with Crippen LogP contribution in [0.1, 0.15) is 30.4 Å². The number of carbonyl (C=O) groups excluding carboxylic acids is 1. The van der Waals surface area contributed by atoms with Crippen LogP contribution in [0, 0.1) is 0 Å². The number of anilines is 1. The second kappa shape index (κ2) is 7.21. The molecule has 0 aliphatic rings. The smallest absolute Gasteiger partial charge is 0.263 e. The van der Waals surface area contributed by atoms with Crippen molar-refractivity contribution in [3.05, 3.63) is 58.6 Å². The number of rotatable bonds is 3. The maximum atomic E-state index is 12.8. The first-order valence-corrected chi connectivity index (χ1v) is 10.3. The lowest BCUT2D eigenvalue weighted by Gasteiger charge is -2.20. The Morgan fingerprint density at radius 3 is 2.55 bits per heavy atom. The van der Waals surface area contributed by atoms with Crippen molar-refractivity contribution >= 4 is 44.7 Å². The zero-order valence-electron chi connectivity index (χ0n) is 16.2. The Balaban J connectivity index is 1.93. The van der Waals surface area contributed by atoms with E-state index in [1.165, 1.54) is 11.3 Å². The number of aromatic nitrogens is 1. The Labute approximate surface area is 177 Å². The maximum absolute atomic E-state index is 12.8. The first-order chi connectivity index (χ1) is 13.7. The third-order valence-corrected chi connectivity index (χ3v) is 5.67. The van der Waals surface area contributed by atoms with E-state index < -0.39 is 0 Å². The molecule has 0 saturated heterocycles. The van der Waals surface area contributed by atoms with E-state index in [-0.39, 0.29) is 11.4 Å². The molecule has 0 aliphatic carbocycles. The number of nitrogen functional groups attached to an aromatic ring is 1. The predicted molar refractivity (Wildman–Crippen MR) is 119 cm³/mol. The summed E-state index contributed by atoms with van der Waals surface area (Å²) in [6.45, 7) is 5.79. The number of halogens is 1. The number of hydrogen-bond donors (Lipinski definition) is 2. The van der Waals surface area contributed by atoms with Crippen LogP contribution in [0.3, 0.4) is 0 Å². The minimum atomic E-state index is -0.370. The zero-order chi connectivity index (χ0) is 20.8. The highest BCUT2D eigenvalue weighted by molar-refractivity contribution is 7.21. The molecule has 3 N–H and O–H groups in total. The second-order valence-electron chi connectivity index (χ2n) is 7.77. The molecule has 4 aromatic rings. The van der Waals surface area contributed by atoms with Gasteiger partial charge in [0.05, 0.1) is 17.6 Å². The Hall–Kier alpha value is -2.83. The first kappa shape index (κ1) is 19.5. The van der Waals surface area contributed by atoms with E-state index in [1.54, 1.807) is 6.26 Å². The number of amides is 1. The lowest BCUT2D eigenvalue weighted by Crippen LogP contribution is -2.40. The van der Waals surface area contributed by atoms with Crippen molar-refractivity contribution in [2.45, 2.75) is 26.3 Å². The van der Waals surface area contributed by atoms with Gasteiger partial charge in [-0.1, -0.05) is 23.7 Å². The standard InChI is InChI=1S/C22H20ClN3O2S/c1-22(2,3)26-20(27)19-18(24)17-14(16-5-4-10-28-16)11-15(25-21(17)29-19)12-6-8-13(23)9-7-12/h4-11H,24H2,1-3H3,(H,26,27). The van der Waals surface area contributed by atoms with Crippen LogP contribution in [-0.2, 0) is 0 Å². The molecular formula is C22H20ClN3O2S. The molecule has 3 aromatic heterocycles. The molecule has 0 spiro atoms. The van der Waals surface area contributed by atoms with Crippen LogP contribution in [0.15, 0.2) is 53.1 Å². The summed E-state index contributed by atoms with van der Waals surface area (Å²) in [4.78, 5) is 18.7. The first-order valence-electron chi connectivity index (χ1n) is 9.08. The van der Waals surface area contributed by atoms with Crippen LogP contribution in [0.4, 0.5) is 5.69 Å². The summed E-state index contributed by atoms with van der Waals surface area (Å²) in [5.41, 5.74) is 8.93. The van der Waals surface area contributed by atoms with Gasteiger partial charge >= 0.3 is 0 Å². The number of benzene rings is 1. The van der Waals surface area contributed by atoms with E-state index in [9.17, 15) is 4.79 Å². The van der Waals surface area contributed by atoms with Gasteiger partial charge in [0.15, 0.2) is 0 Å². The summed E-state index contributed by atoms with van der Waals surface area (Å²) in [5, 5.41) is 4.35.